The Bertz CT molecular complexity index is 1120. The second-order valence-corrected chi connectivity index (χ2v) is 6.10. The molecule has 0 aliphatic heterocycles. The molecule has 0 fully saturated rings. The third-order valence-corrected chi connectivity index (χ3v) is 4.35. The van der Waals surface area contributed by atoms with Crippen molar-refractivity contribution in [3.63, 3.8) is 0 Å². The van der Waals surface area contributed by atoms with Crippen LogP contribution in [0.2, 0.25) is 0 Å². The van der Waals surface area contributed by atoms with E-state index in [2.05, 4.69) is 15.3 Å². The van der Waals surface area contributed by atoms with Crippen molar-refractivity contribution in [1.82, 2.24) is 14.4 Å². The van der Waals surface area contributed by atoms with Gasteiger partial charge < -0.3 is 10.1 Å². The molecule has 0 saturated carbocycles. The lowest BCUT2D eigenvalue weighted by Crippen LogP contribution is -2.01. The second-order valence-electron chi connectivity index (χ2n) is 6.10. The van der Waals surface area contributed by atoms with Crippen LogP contribution >= 0.6 is 0 Å². The third kappa shape index (κ3) is 3.25. The highest BCUT2D eigenvalue weighted by Gasteiger charge is 2.11. The highest BCUT2D eigenvalue weighted by molar-refractivity contribution is 5.95. The van der Waals surface area contributed by atoms with E-state index >= 15 is 0 Å². The Morgan fingerprint density at radius 1 is 1.11 bits per heavy atom. The quantitative estimate of drug-likeness (QED) is 0.537. The van der Waals surface area contributed by atoms with Gasteiger partial charge in [0.1, 0.15) is 5.75 Å². The molecule has 4 rings (SSSR count). The smallest absolute Gasteiger partial charge is 0.180 e. The average Bonchev–Trinajstić information content (AvgIpc) is 3.19. The Morgan fingerprint density at radius 3 is 2.67 bits per heavy atom. The van der Waals surface area contributed by atoms with Crippen LogP contribution in [0.1, 0.15) is 17.3 Å². The number of ketones is 1. The molecule has 0 amide bonds. The number of aromatic nitrogens is 3. The molecule has 0 saturated heterocycles. The summed E-state index contributed by atoms with van der Waals surface area (Å²) >= 11 is 0. The number of carbonyl (C=O) groups excluding carboxylic acids is 1. The van der Waals surface area contributed by atoms with Gasteiger partial charge in [-0.25, -0.2) is 9.97 Å². The number of nitrogens with one attached hydrogen (secondary N) is 1. The lowest BCUT2D eigenvalue weighted by atomic mass is 10.1. The number of hydrogen-bond donors (Lipinski definition) is 1. The first-order chi connectivity index (χ1) is 13.2. The summed E-state index contributed by atoms with van der Waals surface area (Å²) in [5, 5.41) is 3.29. The van der Waals surface area contributed by atoms with E-state index in [4.69, 9.17) is 4.74 Å². The molecule has 2 heterocycles. The summed E-state index contributed by atoms with van der Waals surface area (Å²) in [6, 6.07) is 15.1. The fraction of sp³-hybridized carbons (Fsp3) is 0.0952. The predicted octanol–water partition coefficient (Wildman–Crippen LogP) is 4.35. The molecular formula is C21H18N4O2. The van der Waals surface area contributed by atoms with Crippen molar-refractivity contribution in [2.75, 3.05) is 12.4 Å². The van der Waals surface area contributed by atoms with Gasteiger partial charge in [-0.3, -0.25) is 9.20 Å². The van der Waals surface area contributed by atoms with Gasteiger partial charge in [-0.1, -0.05) is 18.2 Å². The number of carbonyl (C=O) groups is 1. The molecular weight excluding hydrogens is 340 g/mol. The lowest BCUT2D eigenvalue weighted by Gasteiger charge is -2.11. The monoisotopic (exact) mass is 358 g/mol. The van der Waals surface area contributed by atoms with E-state index in [0.717, 1.165) is 22.7 Å². The zero-order chi connectivity index (χ0) is 18.8. The van der Waals surface area contributed by atoms with Gasteiger partial charge in [0.15, 0.2) is 17.2 Å². The molecule has 4 aromatic rings. The summed E-state index contributed by atoms with van der Waals surface area (Å²) in [6.45, 7) is 1.56. The van der Waals surface area contributed by atoms with Crippen molar-refractivity contribution in [3.05, 3.63) is 72.7 Å². The van der Waals surface area contributed by atoms with Crippen LogP contribution in [0, 0.1) is 0 Å². The van der Waals surface area contributed by atoms with Gasteiger partial charge in [0.25, 0.3) is 0 Å². The van der Waals surface area contributed by atoms with Crippen molar-refractivity contribution in [3.8, 4) is 17.0 Å². The Kier molecular flexibility index (Phi) is 4.30. The van der Waals surface area contributed by atoms with Gasteiger partial charge in [-0.15, -0.1) is 0 Å². The number of hydrogen-bond acceptors (Lipinski definition) is 5. The van der Waals surface area contributed by atoms with Crippen LogP contribution in [0.15, 0.2) is 67.1 Å². The van der Waals surface area contributed by atoms with Crippen molar-refractivity contribution in [2.24, 2.45) is 0 Å². The van der Waals surface area contributed by atoms with Crippen LogP contribution in [0.25, 0.3) is 16.9 Å². The van der Waals surface area contributed by atoms with Crippen molar-refractivity contribution in [1.29, 1.82) is 0 Å². The first kappa shape index (κ1) is 16.8. The number of imidazole rings is 1. The van der Waals surface area contributed by atoms with Crippen LogP contribution in [-0.4, -0.2) is 27.3 Å². The molecule has 0 spiro atoms. The SMILES string of the molecule is COc1ccc(Nc2ncc(-c3cccc(C(C)=O)c3)n3ccnc23)cc1. The van der Waals surface area contributed by atoms with Crippen molar-refractivity contribution >= 4 is 22.9 Å². The zero-order valence-corrected chi connectivity index (χ0v) is 15.0. The molecule has 0 atom stereocenters. The molecule has 0 unspecified atom stereocenters. The van der Waals surface area contributed by atoms with E-state index in [9.17, 15) is 4.79 Å². The van der Waals surface area contributed by atoms with Crippen molar-refractivity contribution < 1.29 is 9.53 Å². The lowest BCUT2D eigenvalue weighted by molar-refractivity contribution is 0.101. The maximum absolute atomic E-state index is 11.7. The van der Waals surface area contributed by atoms with E-state index in [1.807, 2.05) is 59.1 Å². The minimum Gasteiger partial charge on any atom is -0.497 e. The third-order valence-electron chi connectivity index (χ3n) is 4.35. The normalized spacial score (nSPS) is 10.7. The number of anilines is 2. The van der Waals surface area contributed by atoms with Gasteiger partial charge in [-0.2, -0.15) is 0 Å². The summed E-state index contributed by atoms with van der Waals surface area (Å²) in [5.41, 5.74) is 4.04. The molecule has 0 aliphatic carbocycles. The molecule has 27 heavy (non-hydrogen) atoms. The first-order valence-corrected chi connectivity index (χ1v) is 8.50. The van der Waals surface area contributed by atoms with Gasteiger partial charge in [0.05, 0.1) is 19.0 Å². The highest BCUT2D eigenvalue weighted by atomic mass is 16.5. The average molecular weight is 358 g/mol. The molecule has 6 nitrogen and oxygen atoms in total. The standard InChI is InChI=1S/C21H18N4O2/c1-14(26)15-4-3-5-16(12-15)19-13-23-20(21-22-10-11-25(19)21)24-17-6-8-18(27-2)9-7-17/h3-13H,1-2H3,(H,23,24). The van der Waals surface area contributed by atoms with E-state index in [1.165, 1.54) is 0 Å². The number of benzene rings is 2. The summed E-state index contributed by atoms with van der Waals surface area (Å²) in [5.74, 6) is 1.47. The number of methoxy groups -OCH3 is 1. The minimum absolute atomic E-state index is 0.0319. The largest absolute Gasteiger partial charge is 0.497 e. The summed E-state index contributed by atoms with van der Waals surface area (Å²) < 4.78 is 7.14. The van der Waals surface area contributed by atoms with Crippen LogP contribution in [-0.2, 0) is 0 Å². The summed E-state index contributed by atoms with van der Waals surface area (Å²) in [4.78, 5) is 20.7. The number of Topliss-reactive ketones (excluding diaryl/α,β-unsaturated/α-hetero) is 1. The Labute approximate surface area is 156 Å². The maximum atomic E-state index is 11.7. The predicted molar refractivity (Wildman–Crippen MR) is 105 cm³/mol. The number of ether oxygens (including phenoxy) is 1. The van der Waals surface area contributed by atoms with Crippen LogP contribution in [0.3, 0.4) is 0 Å². The van der Waals surface area contributed by atoms with E-state index in [1.54, 1.807) is 26.4 Å². The maximum Gasteiger partial charge on any atom is 0.180 e. The summed E-state index contributed by atoms with van der Waals surface area (Å²) in [7, 11) is 1.64. The van der Waals surface area contributed by atoms with E-state index in [0.29, 0.717) is 17.0 Å². The van der Waals surface area contributed by atoms with E-state index in [-0.39, 0.29) is 5.78 Å². The molecule has 2 aromatic heterocycles. The number of nitrogens with zero attached hydrogens (tertiary/aromatic N) is 3. The topological polar surface area (TPSA) is 68.5 Å². The fourth-order valence-corrected chi connectivity index (χ4v) is 2.93. The number of rotatable bonds is 5. The molecule has 0 aliphatic rings. The van der Waals surface area contributed by atoms with Gasteiger partial charge in [0, 0.05) is 29.2 Å². The molecule has 0 radical (unpaired) electrons. The van der Waals surface area contributed by atoms with Crippen LogP contribution in [0.4, 0.5) is 11.5 Å². The molecule has 1 N–H and O–H groups in total. The molecule has 2 aromatic carbocycles. The Balaban J connectivity index is 1.74. The molecule has 6 heteroatoms. The first-order valence-electron chi connectivity index (χ1n) is 8.50. The van der Waals surface area contributed by atoms with Crippen LogP contribution < -0.4 is 10.1 Å². The Hall–Kier alpha value is -3.67. The molecule has 134 valence electrons. The zero-order valence-electron chi connectivity index (χ0n) is 15.0. The van der Waals surface area contributed by atoms with Gasteiger partial charge in [0.2, 0.25) is 0 Å². The van der Waals surface area contributed by atoms with E-state index < -0.39 is 0 Å². The number of fused-ring (bicyclic) bond motifs is 1. The second kappa shape index (κ2) is 6.92. The summed E-state index contributed by atoms with van der Waals surface area (Å²) in [6.07, 6.45) is 5.39. The van der Waals surface area contributed by atoms with Gasteiger partial charge >= 0.3 is 0 Å². The molecule has 0 bridgehead atoms. The fourth-order valence-electron chi connectivity index (χ4n) is 2.93. The Morgan fingerprint density at radius 2 is 1.93 bits per heavy atom. The minimum atomic E-state index is 0.0319. The highest BCUT2D eigenvalue weighted by Crippen LogP contribution is 2.26. The van der Waals surface area contributed by atoms with Crippen LogP contribution in [0.5, 0.6) is 5.75 Å². The van der Waals surface area contributed by atoms with Gasteiger partial charge in [-0.05, 0) is 37.3 Å². The van der Waals surface area contributed by atoms with Crippen molar-refractivity contribution in [2.45, 2.75) is 6.92 Å².